The first kappa shape index (κ1) is 23.0. The van der Waals surface area contributed by atoms with Gasteiger partial charge in [-0.2, -0.15) is 0 Å². The van der Waals surface area contributed by atoms with Crippen molar-refractivity contribution in [1.29, 1.82) is 0 Å². The predicted octanol–water partition coefficient (Wildman–Crippen LogP) is 5.74. The van der Waals surface area contributed by atoms with E-state index in [2.05, 4.69) is 4.98 Å². The first-order chi connectivity index (χ1) is 15.9. The summed E-state index contributed by atoms with van der Waals surface area (Å²) in [6, 6.07) is 15.4. The molecule has 1 aromatic heterocycles. The van der Waals surface area contributed by atoms with E-state index in [9.17, 15) is 14.9 Å². The van der Waals surface area contributed by atoms with E-state index in [1.165, 1.54) is 6.07 Å². The van der Waals surface area contributed by atoms with Crippen LogP contribution < -0.4 is 4.90 Å². The van der Waals surface area contributed by atoms with Crippen LogP contribution in [0.4, 0.5) is 11.4 Å². The number of nitro groups is 1. The van der Waals surface area contributed by atoms with Gasteiger partial charge in [0.15, 0.2) is 0 Å². The average Bonchev–Trinajstić information content (AvgIpc) is 3.35. The second-order valence-electron chi connectivity index (χ2n) is 7.89. The van der Waals surface area contributed by atoms with Gasteiger partial charge >= 0.3 is 0 Å². The molecule has 1 aliphatic heterocycles. The number of hydrogen-bond donors (Lipinski definition) is 0. The Balaban J connectivity index is 1.66. The highest BCUT2D eigenvalue weighted by Gasteiger charge is 2.26. The lowest BCUT2D eigenvalue weighted by atomic mass is 10.1. The van der Waals surface area contributed by atoms with Crippen LogP contribution in [0.25, 0.3) is 0 Å². The normalized spacial score (nSPS) is 13.2. The van der Waals surface area contributed by atoms with Gasteiger partial charge in [0.1, 0.15) is 5.69 Å². The van der Waals surface area contributed by atoms with Crippen LogP contribution in [-0.2, 0) is 13.1 Å². The minimum Gasteiger partial charge on any atom is -0.366 e. The first-order valence-electron chi connectivity index (χ1n) is 10.6. The highest BCUT2D eigenvalue weighted by molar-refractivity contribution is 6.42. The van der Waals surface area contributed by atoms with Crippen molar-refractivity contribution in [3.8, 4) is 0 Å². The molecule has 170 valence electrons. The highest BCUT2D eigenvalue weighted by Crippen LogP contribution is 2.32. The summed E-state index contributed by atoms with van der Waals surface area (Å²) in [5.74, 6) is -0.331. The van der Waals surface area contributed by atoms with Gasteiger partial charge in [0.05, 0.1) is 27.2 Å². The van der Waals surface area contributed by atoms with Crippen molar-refractivity contribution < 1.29 is 9.72 Å². The largest absolute Gasteiger partial charge is 0.366 e. The van der Waals surface area contributed by atoms with Crippen LogP contribution >= 0.6 is 23.2 Å². The molecule has 0 unspecified atom stereocenters. The first-order valence-corrected chi connectivity index (χ1v) is 11.3. The van der Waals surface area contributed by atoms with Crippen molar-refractivity contribution in [2.24, 2.45) is 0 Å². The summed E-state index contributed by atoms with van der Waals surface area (Å²) in [5, 5.41) is 12.6. The molecule has 4 rings (SSSR count). The van der Waals surface area contributed by atoms with Gasteiger partial charge in [0, 0.05) is 37.5 Å². The number of halogens is 2. The van der Waals surface area contributed by atoms with E-state index in [4.69, 9.17) is 23.2 Å². The number of amides is 1. The maximum atomic E-state index is 13.5. The zero-order chi connectivity index (χ0) is 23.4. The zero-order valence-corrected chi connectivity index (χ0v) is 19.3. The van der Waals surface area contributed by atoms with Gasteiger partial charge in [-0.1, -0.05) is 35.3 Å². The summed E-state index contributed by atoms with van der Waals surface area (Å²) >= 11 is 12.2. The number of pyridine rings is 1. The molecule has 2 aromatic carbocycles. The van der Waals surface area contributed by atoms with E-state index < -0.39 is 4.92 Å². The molecule has 1 amide bonds. The van der Waals surface area contributed by atoms with Gasteiger partial charge < -0.3 is 9.80 Å². The Hall–Kier alpha value is -3.16. The summed E-state index contributed by atoms with van der Waals surface area (Å²) in [5.41, 5.74) is 2.23. The Kier molecular flexibility index (Phi) is 7.11. The van der Waals surface area contributed by atoms with Crippen LogP contribution in [0.3, 0.4) is 0 Å². The molecule has 0 aliphatic carbocycles. The summed E-state index contributed by atoms with van der Waals surface area (Å²) in [4.78, 5) is 32.8. The molecule has 0 radical (unpaired) electrons. The third-order valence-corrected chi connectivity index (χ3v) is 6.33. The molecule has 3 aromatic rings. The second-order valence-corrected chi connectivity index (χ2v) is 8.70. The van der Waals surface area contributed by atoms with Crippen LogP contribution in [0.15, 0.2) is 60.8 Å². The van der Waals surface area contributed by atoms with E-state index in [0.717, 1.165) is 31.5 Å². The lowest BCUT2D eigenvalue weighted by Crippen LogP contribution is -2.30. The molecule has 0 saturated carbocycles. The number of aromatic nitrogens is 1. The molecule has 1 saturated heterocycles. The van der Waals surface area contributed by atoms with E-state index in [1.807, 2.05) is 17.0 Å². The van der Waals surface area contributed by atoms with Crippen LogP contribution in [-0.4, -0.2) is 33.8 Å². The quantitative estimate of drug-likeness (QED) is 0.315. The number of anilines is 1. The van der Waals surface area contributed by atoms with Gasteiger partial charge in [-0.25, -0.2) is 0 Å². The van der Waals surface area contributed by atoms with Gasteiger partial charge in [0.2, 0.25) is 0 Å². The maximum absolute atomic E-state index is 13.5. The average molecular weight is 485 g/mol. The lowest BCUT2D eigenvalue weighted by Gasteiger charge is -2.24. The van der Waals surface area contributed by atoms with Crippen LogP contribution in [0.1, 0.15) is 34.5 Å². The fourth-order valence-electron chi connectivity index (χ4n) is 3.96. The molecule has 9 heteroatoms. The summed E-state index contributed by atoms with van der Waals surface area (Å²) in [7, 11) is 0. The van der Waals surface area contributed by atoms with Crippen LogP contribution in [0.5, 0.6) is 0 Å². The van der Waals surface area contributed by atoms with Gasteiger partial charge in [-0.3, -0.25) is 19.9 Å². The number of nitro benzene ring substituents is 1. The Labute approximate surface area is 201 Å². The Morgan fingerprint density at radius 3 is 2.48 bits per heavy atom. The maximum Gasteiger partial charge on any atom is 0.293 e. The predicted molar refractivity (Wildman–Crippen MR) is 129 cm³/mol. The molecule has 1 aliphatic rings. The number of carbonyl (C=O) groups excluding carboxylic acids is 1. The van der Waals surface area contributed by atoms with Crippen molar-refractivity contribution in [2.45, 2.75) is 25.9 Å². The van der Waals surface area contributed by atoms with Crippen molar-refractivity contribution in [2.75, 3.05) is 18.0 Å². The Bertz CT molecular complexity index is 1170. The SMILES string of the molecule is O=C(c1ccc(N2CCCC2)c([N+](=O)[O-])c1)N(Cc1ccc(Cl)c(Cl)c1)Cc1ccccn1. The Morgan fingerprint density at radius 1 is 1.03 bits per heavy atom. The number of carbonyl (C=O) groups is 1. The van der Waals surface area contributed by atoms with Crippen molar-refractivity contribution in [3.63, 3.8) is 0 Å². The minimum atomic E-state index is -0.424. The monoisotopic (exact) mass is 484 g/mol. The highest BCUT2D eigenvalue weighted by atomic mass is 35.5. The topological polar surface area (TPSA) is 79.6 Å². The van der Waals surface area contributed by atoms with Gasteiger partial charge in [0.25, 0.3) is 11.6 Å². The fraction of sp³-hybridized carbons (Fsp3) is 0.250. The summed E-state index contributed by atoms with van der Waals surface area (Å²) in [6.07, 6.45) is 3.66. The molecule has 2 heterocycles. The standard InChI is InChI=1S/C24H22Cl2N4O3/c25-20-8-6-17(13-21(20)26)15-29(16-19-5-1-2-10-27-19)24(31)18-7-9-22(23(14-18)30(32)33)28-11-3-4-12-28/h1-2,5-10,13-14H,3-4,11-12,15-16H2. The van der Waals surface area contributed by atoms with E-state index in [1.54, 1.807) is 47.5 Å². The molecule has 0 spiro atoms. The van der Waals surface area contributed by atoms with E-state index in [-0.39, 0.29) is 30.2 Å². The number of rotatable bonds is 7. The third kappa shape index (κ3) is 5.43. The van der Waals surface area contributed by atoms with Crippen molar-refractivity contribution in [3.05, 3.63) is 97.8 Å². The van der Waals surface area contributed by atoms with Gasteiger partial charge in [-0.15, -0.1) is 0 Å². The smallest absolute Gasteiger partial charge is 0.293 e. The van der Waals surface area contributed by atoms with E-state index >= 15 is 0 Å². The molecule has 0 N–H and O–H groups in total. The molecular weight excluding hydrogens is 463 g/mol. The molecule has 1 fully saturated rings. The summed E-state index contributed by atoms with van der Waals surface area (Å²) in [6.45, 7) is 2.03. The second kappa shape index (κ2) is 10.2. The number of nitrogens with zero attached hydrogens (tertiary/aromatic N) is 4. The van der Waals surface area contributed by atoms with Crippen LogP contribution in [0, 0.1) is 10.1 Å². The van der Waals surface area contributed by atoms with E-state index in [0.29, 0.717) is 21.4 Å². The van der Waals surface area contributed by atoms with Gasteiger partial charge in [-0.05, 0) is 54.8 Å². The molecular formula is C24H22Cl2N4O3. The van der Waals surface area contributed by atoms with Crippen molar-refractivity contribution >= 4 is 40.5 Å². The Morgan fingerprint density at radius 2 is 1.82 bits per heavy atom. The minimum absolute atomic E-state index is 0.0601. The zero-order valence-electron chi connectivity index (χ0n) is 17.8. The molecule has 7 nitrogen and oxygen atoms in total. The number of hydrogen-bond acceptors (Lipinski definition) is 5. The molecule has 33 heavy (non-hydrogen) atoms. The molecule has 0 atom stereocenters. The van der Waals surface area contributed by atoms with Crippen LogP contribution in [0.2, 0.25) is 10.0 Å². The summed E-state index contributed by atoms with van der Waals surface area (Å²) < 4.78 is 0. The number of benzene rings is 2. The lowest BCUT2D eigenvalue weighted by molar-refractivity contribution is -0.384. The fourth-order valence-corrected chi connectivity index (χ4v) is 4.28. The third-order valence-electron chi connectivity index (χ3n) is 5.59. The molecule has 0 bridgehead atoms. The van der Waals surface area contributed by atoms with Crippen molar-refractivity contribution in [1.82, 2.24) is 9.88 Å².